The van der Waals surface area contributed by atoms with E-state index >= 15 is 0 Å². The summed E-state index contributed by atoms with van der Waals surface area (Å²) in [5.41, 5.74) is 0. The molecule has 1 unspecified atom stereocenters. The van der Waals surface area contributed by atoms with Crippen LogP contribution in [0.4, 0.5) is 11.6 Å². The smallest absolute Gasteiger partial charge is 0.133 e. The van der Waals surface area contributed by atoms with Crippen LogP contribution in [0.15, 0.2) is 12.4 Å². The van der Waals surface area contributed by atoms with Crippen molar-refractivity contribution >= 4 is 11.6 Å². The summed E-state index contributed by atoms with van der Waals surface area (Å²) in [4.78, 5) is 10.8. The van der Waals surface area contributed by atoms with Gasteiger partial charge >= 0.3 is 0 Å². The average Bonchev–Trinajstić information content (AvgIpc) is 2.39. The Morgan fingerprint density at radius 2 is 2.32 bits per heavy atom. The maximum Gasteiger partial charge on any atom is 0.133 e. The minimum atomic E-state index is 0.385. The third-order valence-electron chi connectivity index (χ3n) is 3.41. The summed E-state index contributed by atoms with van der Waals surface area (Å²) in [6.07, 6.45) is 4.22. The molecule has 1 aromatic heterocycles. The molecule has 0 radical (unpaired) electrons. The molecule has 0 bridgehead atoms. The average molecular weight is 263 g/mol. The topological polar surface area (TPSA) is 53.1 Å². The van der Waals surface area contributed by atoms with Gasteiger partial charge in [-0.1, -0.05) is 0 Å². The summed E-state index contributed by atoms with van der Waals surface area (Å²) >= 11 is 0. The third-order valence-corrected chi connectivity index (χ3v) is 3.41. The van der Waals surface area contributed by atoms with Gasteiger partial charge in [0.15, 0.2) is 0 Å². The Morgan fingerprint density at radius 1 is 1.47 bits per heavy atom. The van der Waals surface area contributed by atoms with Gasteiger partial charge in [-0.2, -0.15) is 0 Å². The Hall–Kier alpha value is -1.36. The number of rotatable bonds is 5. The molecule has 0 aromatic carbocycles. The Labute approximate surface area is 115 Å². The van der Waals surface area contributed by atoms with Crippen molar-refractivity contribution in [1.29, 1.82) is 0 Å². The van der Waals surface area contributed by atoms with E-state index in [1.165, 1.54) is 12.8 Å². The molecule has 2 N–H and O–H groups in total. The molecule has 0 aliphatic carbocycles. The predicted octanol–water partition coefficient (Wildman–Crippen LogP) is 1.73. The number of hydrogen-bond acceptors (Lipinski definition) is 5. The molecule has 1 aliphatic heterocycles. The first-order chi connectivity index (χ1) is 9.15. The lowest BCUT2D eigenvalue weighted by Gasteiger charge is -2.28. The molecule has 106 valence electrons. The van der Waals surface area contributed by atoms with Crippen molar-refractivity contribution in [2.75, 3.05) is 36.9 Å². The maximum absolute atomic E-state index is 4.37. The second-order valence-corrected chi connectivity index (χ2v) is 5.65. The lowest BCUT2D eigenvalue weighted by molar-refractivity contribution is 0.380. The maximum atomic E-state index is 4.37. The molecule has 19 heavy (non-hydrogen) atoms. The third kappa shape index (κ3) is 4.35. The fourth-order valence-electron chi connectivity index (χ4n) is 2.49. The number of piperidine rings is 1. The van der Waals surface area contributed by atoms with Crippen LogP contribution < -0.4 is 15.5 Å². The van der Waals surface area contributed by atoms with Gasteiger partial charge in [0.1, 0.15) is 18.0 Å². The van der Waals surface area contributed by atoms with Gasteiger partial charge in [0, 0.05) is 25.7 Å². The standard InChI is InChI=1S/C14H25N5/c1-11(2)18-13-7-14(17-10-16-13)19(3)9-12-5-4-6-15-8-12/h7,10-12,15H,4-6,8-9H2,1-3H3,(H,16,17,18). The summed E-state index contributed by atoms with van der Waals surface area (Å²) in [5, 5.41) is 6.77. The van der Waals surface area contributed by atoms with E-state index in [9.17, 15) is 0 Å². The highest BCUT2D eigenvalue weighted by molar-refractivity contribution is 5.48. The van der Waals surface area contributed by atoms with Crippen LogP contribution in [0.2, 0.25) is 0 Å². The predicted molar refractivity (Wildman–Crippen MR) is 79.7 cm³/mol. The summed E-state index contributed by atoms with van der Waals surface area (Å²) in [6.45, 7) is 7.55. The van der Waals surface area contributed by atoms with E-state index in [2.05, 4.69) is 46.4 Å². The molecule has 1 fully saturated rings. The van der Waals surface area contributed by atoms with Crippen LogP contribution in [-0.4, -0.2) is 42.7 Å². The van der Waals surface area contributed by atoms with E-state index in [-0.39, 0.29) is 0 Å². The first kappa shape index (κ1) is 14.1. The largest absolute Gasteiger partial charge is 0.368 e. The number of nitrogens with one attached hydrogen (secondary N) is 2. The van der Waals surface area contributed by atoms with E-state index < -0.39 is 0 Å². The monoisotopic (exact) mass is 263 g/mol. The van der Waals surface area contributed by atoms with Crippen LogP contribution in [0.25, 0.3) is 0 Å². The summed E-state index contributed by atoms with van der Waals surface area (Å²) in [6, 6.07) is 2.41. The highest BCUT2D eigenvalue weighted by Gasteiger charge is 2.16. The second kappa shape index (κ2) is 6.70. The number of anilines is 2. The van der Waals surface area contributed by atoms with Crippen LogP contribution >= 0.6 is 0 Å². The van der Waals surface area contributed by atoms with Gasteiger partial charge in [0.25, 0.3) is 0 Å². The first-order valence-corrected chi connectivity index (χ1v) is 7.15. The SMILES string of the molecule is CC(C)Nc1cc(N(C)CC2CCCNC2)ncn1. The van der Waals surface area contributed by atoms with E-state index in [4.69, 9.17) is 0 Å². The van der Waals surface area contributed by atoms with Crippen LogP contribution in [0.5, 0.6) is 0 Å². The molecule has 5 nitrogen and oxygen atoms in total. The van der Waals surface area contributed by atoms with Gasteiger partial charge in [-0.25, -0.2) is 9.97 Å². The Morgan fingerprint density at radius 3 is 3.00 bits per heavy atom. The molecule has 0 spiro atoms. The van der Waals surface area contributed by atoms with Crippen molar-refractivity contribution in [2.24, 2.45) is 5.92 Å². The van der Waals surface area contributed by atoms with Gasteiger partial charge in [-0.05, 0) is 45.7 Å². The van der Waals surface area contributed by atoms with Crippen LogP contribution in [0.3, 0.4) is 0 Å². The summed E-state index contributed by atoms with van der Waals surface area (Å²) in [5.74, 6) is 2.60. The fraction of sp³-hybridized carbons (Fsp3) is 0.714. The van der Waals surface area contributed by atoms with Gasteiger partial charge in [0.2, 0.25) is 0 Å². The molecule has 0 amide bonds. The lowest BCUT2D eigenvalue weighted by atomic mass is 9.99. The number of hydrogen-bond donors (Lipinski definition) is 2. The van der Waals surface area contributed by atoms with Crippen molar-refractivity contribution in [2.45, 2.75) is 32.7 Å². The second-order valence-electron chi connectivity index (χ2n) is 5.65. The molecule has 2 heterocycles. The van der Waals surface area contributed by atoms with E-state index in [1.807, 2.05) is 6.07 Å². The normalized spacial score (nSPS) is 19.5. The molecule has 0 saturated carbocycles. The Balaban J connectivity index is 1.95. The number of aromatic nitrogens is 2. The molecular weight excluding hydrogens is 238 g/mol. The zero-order valence-corrected chi connectivity index (χ0v) is 12.2. The quantitative estimate of drug-likeness (QED) is 0.847. The first-order valence-electron chi connectivity index (χ1n) is 7.15. The van der Waals surface area contributed by atoms with E-state index in [0.717, 1.165) is 37.2 Å². The zero-order chi connectivity index (χ0) is 13.7. The van der Waals surface area contributed by atoms with Crippen molar-refractivity contribution in [1.82, 2.24) is 15.3 Å². The fourth-order valence-corrected chi connectivity index (χ4v) is 2.49. The van der Waals surface area contributed by atoms with Crippen molar-refractivity contribution in [3.05, 3.63) is 12.4 Å². The van der Waals surface area contributed by atoms with E-state index in [1.54, 1.807) is 6.33 Å². The van der Waals surface area contributed by atoms with Crippen molar-refractivity contribution in [3.63, 3.8) is 0 Å². The van der Waals surface area contributed by atoms with Gasteiger partial charge < -0.3 is 15.5 Å². The molecule has 1 aliphatic rings. The molecular formula is C14H25N5. The minimum Gasteiger partial charge on any atom is -0.368 e. The zero-order valence-electron chi connectivity index (χ0n) is 12.2. The van der Waals surface area contributed by atoms with Gasteiger partial charge in [-0.15, -0.1) is 0 Å². The lowest BCUT2D eigenvalue weighted by Crippen LogP contribution is -2.37. The molecule has 2 rings (SSSR count). The van der Waals surface area contributed by atoms with Gasteiger partial charge in [-0.3, -0.25) is 0 Å². The molecule has 1 atom stereocenters. The summed E-state index contributed by atoms with van der Waals surface area (Å²) < 4.78 is 0. The van der Waals surface area contributed by atoms with Gasteiger partial charge in [0.05, 0.1) is 0 Å². The molecule has 1 saturated heterocycles. The number of nitrogens with zero attached hydrogens (tertiary/aromatic N) is 3. The Kier molecular flexibility index (Phi) is 4.96. The van der Waals surface area contributed by atoms with Crippen LogP contribution in [-0.2, 0) is 0 Å². The van der Waals surface area contributed by atoms with Crippen LogP contribution in [0, 0.1) is 5.92 Å². The Bertz CT molecular complexity index is 387. The minimum absolute atomic E-state index is 0.385. The highest BCUT2D eigenvalue weighted by Crippen LogP contribution is 2.17. The van der Waals surface area contributed by atoms with Crippen LogP contribution in [0.1, 0.15) is 26.7 Å². The van der Waals surface area contributed by atoms with E-state index in [0.29, 0.717) is 6.04 Å². The van der Waals surface area contributed by atoms with Crippen molar-refractivity contribution in [3.8, 4) is 0 Å². The van der Waals surface area contributed by atoms with Crippen molar-refractivity contribution < 1.29 is 0 Å². The summed E-state index contributed by atoms with van der Waals surface area (Å²) in [7, 11) is 2.11. The molecule has 5 heteroatoms. The highest BCUT2D eigenvalue weighted by atomic mass is 15.2. The molecule has 1 aromatic rings.